The summed E-state index contributed by atoms with van der Waals surface area (Å²) >= 11 is 0. The van der Waals surface area contributed by atoms with Gasteiger partial charge >= 0.3 is 0 Å². The average molecular weight is 398 g/mol. The van der Waals surface area contributed by atoms with Crippen molar-refractivity contribution in [3.8, 4) is 5.69 Å². The highest BCUT2D eigenvalue weighted by atomic mass is 16.1. The minimum atomic E-state index is -0.141. The highest BCUT2D eigenvalue weighted by Gasteiger charge is 2.22. The monoisotopic (exact) mass is 397 g/mol. The molecule has 1 aromatic heterocycles. The molecule has 4 aromatic rings. The third kappa shape index (κ3) is 3.73. The summed E-state index contributed by atoms with van der Waals surface area (Å²) in [5.41, 5.74) is 4.71. The van der Waals surface area contributed by atoms with Crippen LogP contribution >= 0.6 is 0 Å². The lowest BCUT2D eigenvalue weighted by atomic mass is 9.92. The lowest BCUT2D eigenvalue weighted by Gasteiger charge is -2.14. The van der Waals surface area contributed by atoms with E-state index in [4.69, 9.17) is 5.10 Å². The maximum Gasteiger partial charge on any atom is 0.257 e. The first-order chi connectivity index (χ1) is 14.2. The molecule has 1 N–H and O–H groups in total. The van der Waals surface area contributed by atoms with Gasteiger partial charge < -0.3 is 5.32 Å². The number of aryl methyl sites for hydroxylation is 2. The van der Waals surface area contributed by atoms with E-state index in [2.05, 4.69) is 58.1 Å². The molecule has 4 rings (SSSR count). The van der Waals surface area contributed by atoms with Crippen LogP contribution in [0.5, 0.6) is 0 Å². The van der Waals surface area contributed by atoms with Gasteiger partial charge in [-0.05, 0) is 42.3 Å². The van der Waals surface area contributed by atoms with E-state index in [-0.39, 0.29) is 11.3 Å². The van der Waals surface area contributed by atoms with Gasteiger partial charge in [0, 0.05) is 17.0 Å². The largest absolute Gasteiger partial charge is 0.306 e. The van der Waals surface area contributed by atoms with Gasteiger partial charge in [0.05, 0.1) is 11.4 Å². The van der Waals surface area contributed by atoms with Crippen molar-refractivity contribution in [1.29, 1.82) is 0 Å². The van der Waals surface area contributed by atoms with E-state index in [0.717, 1.165) is 27.7 Å². The van der Waals surface area contributed by atoms with Crippen LogP contribution in [0.25, 0.3) is 16.5 Å². The smallest absolute Gasteiger partial charge is 0.257 e. The summed E-state index contributed by atoms with van der Waals surface area (Å²) in [5.74, 6) is 0.531. The number of carbonyl (C=O) groups excluding carboxylic acids is 1. The molecule has 0 aliphatic heterocycles. The van der Waals surface area contributed by atoms with Gasteiger partial charge in [-0.15, -0.1) is 0 Å². The predicted molar refractivity (Wildman–Crippen MR) is 124 cm³/mol. The third-order valence-electron chi connectivity index (χ3n) is 5.33. The molecule has 30 heavy (non-hydrogen) atoms. The molecule has 1 amide bonds. The van der Waals surface area contributed by atoms with Crippen LogP contribution in [0.3, 0.4) is 0 Å². The van der Waals surface area contributed by atoms with Crippen LogP contribution in [0.15, 0.2) is 66.7 Å². The quantitative estimate of drug-likeness (QED) is 0.448. The molecule has 0 aliphatic carbocycles. The fraction of sp³-hybridized carbons (Fsp3) is 0.231. The average Bonchev–Trinajstić information content (AvgIpc) is 3.11. The van der Waals surface area contributed by atoms with Crippen molar-refractivity contribution in [3.63, 3.8) is 0 Å². The number of hydrogen-bond donors (Lipinski definition) is 1. The fourth-order valence-corrected chi connectivity index (χ4v) is 3.67. The van der Waals surface area contributed by atoms with Crippen LogP contribution < -0.4 is 5.32 Å². The molecule has 152 valence electrons. The molecule has 0 atom stereocenters. The molecule has 0 spiro atoms. The number of rotatable bonds is 3. The molecule has 0 unspecified atom stereocenters. The third-order valence-corrected chi connectivity index (χ3v) is 5.33. The van der Waals surface area contributed by atoms with Crippen molar-refractivity contribution in [2.45, 2.75) is 40.0 Å². The lowest BCUT2D eigenvalue weighted by molar-refractivity contribution is 0.102. The number of amides is 1. The highest BCUT2D eigenvalue weighted by Crippen LogP contribution is 2.28. The van der Waals surface area contributed by atoms with E-state index in [1.165, 1.54) is 5.56 Å². The topological polar surface area (TPSA) is 46.9 Å². The maximum absolute atomic E-state index is 13.3. The van der Waals surface area contributed by atoms with Crippen molar-refractivity contribution in [2.75, 3.05) is 5.32 Å². The molecule has 0 saturated heterocycles. The zero-order valence-electron chi connectivity index (χ0n) is 18.2. The Kier molecular flexibility index (Phi) is 4.94. The Bertz CT molecular complexity index is 1240. The minimum absolute atomic E-state index is 0.136. The molecule has 0 radical (unpaired) electrons. The van der Waals surface area contributed by atoms with Gasteiger partial charge in [0.25, 0.3) is 5.91 Å². The zero-order valence-corrected chi connectivity index (χ0v) is 18.2. The van der Waals surface area contributed by atoms with E-state index < -0.39 is 0 Å². The highest BCUT2D eigenvalue weighted by molar-refractivity contribution is 6.12. The summed E-state index contributed by atoms with van der Waals surface area (Å²) in [5, 5.41) is 9.95. The molecule has 0 saturated carbocycles. The van der Waals surface area contributed by atoms with E-state index in [1.807, 2.05) is 53.2 Å². The van der Waals surface area contributed by atoms with Crippen LogP contribution in [0.2, 0.25) is 0 Å². The van der Waals surface area contributed by atoms with E-state index in [9.17, 15) is 4.79 Å². The second kappa shape index (κ2) is 7.45. The Morgan fingerprint density at radius 2 is 1.67 bits per heavy atom. The Hall–Kier alpha value is -3.40. The first-order valence-corrected chi connectivity index (χ1v) is 10.2. The van der Waals surface area contributed by atoms with Crippen LogP contribution in [0, 0.1) is 13.8 Å². The number of hydrogen-bond acceptors (Lipinski definition) is 2. The van der Waals surface area contributed by atoms with Crippen molar-refractivity contribution in [1.82, 2.24) is 9.78 Å². The maximum atomic E-state index is 13.3. The van der Waals surface area contributed by atoms with Crippen molar-refractivity contribution >= 4 is 22.5 Å². The van der Waals surface area contributed by atoms with Gasteiger partial charge in [0.15, 0.2) is 0 Å². The molecule has 1 heterocycles. The second-order valence-corrected chi connectivity index (χ2v) is 8.85. The summed E-state index contributed by atoms with van der Waals surface area (Å²) in [6.07, 6.45) is 0. The van der Waals surface area contributed by atoms with Gasteiger partial charge in [-0.1, -0.05) is 74.9 Å². The number of fused-ring (bicyclic) bond motifs is 1. The van der Waals surface area contributed by atoms with E-state index in [0.29, 0.717) is 11.4 Å². The van der Waals surface area contributed by atoms with Gasteiger partial charge in [-0.25, -0.2) is 4.68 Å². The summed E-state index contributed by atoms with van der Waals surface area (Å²) in [7, 11) is 0. The summed E-state index contributed by atoms with van der Waals surface area (Å²) < 4.78 is 1.85. The Balaban J connectivity index is 1.80. The van der Waals surface area contributed by atoms with Gasteiger partial charge in [-0.2, -0.15) is 5.10 Å². The number of anilines is 1. The molecule has 4 nitrogen and oxygen atoms in total. The SMILES string of the molecule is Cc1ccc(-n2nc(C(C)(C)C)cc2NC(=O)c2cccc3ccccc23)c(C)c1. The van der Waals surface area contributed by atoms with Crippen LogP contribution in [-0.4, -0.2) is 15.7 Å². The molecule has 4 heteroatoms. The Morgan fingerprint density at radius 3 is 2.40 bits per heavy atom. The summed E-state index contributed by atoms with van der Waals surface area (Å²) in [6, 6.07) is 22.0. The molecular weight excluding hydrogens is 370 g/mol. The van der Waals surface area contributed by atoms with Crippen LogP contribution in [0.4, 0.5) is 5.82 Å². The first-order valence-electron chi connectivity index (χ1n) is 10.2. The van der Waals surface area contributed by atoms with Crippen molar-refractivity contribution in [2.24, 2.45) is 0 Å². The van der Waals surface area contributed by atoms with Crippen LogP contribution in [-0.2, 0) is 5.41 Å². The van der Waals surface area contributed by atoms with E-state index in [1.54, 1.807) is 0 Å². The molecule has 0 aliphatic rings. The second-order valence-electron chi connectivity index (χ2n) is 8.85. The van der Waals surface area contributed by atoms with Crippen molar-refractivity contribution in [3.05, 3.63) is 89.1 Å². The fourth-order valence-electron chi connectivity index (χ4n) is 3.67. The molecule has 0 bridgehead atoms. The molecular formula is C26H27N3O. The summed E-state index contributed by atoms with van der Waals surface area (Å²) in [4.78, 5) is 13.3. The number of aromatic nitrogens is 2. The summed E-state index contributed by atoms with van der Waals surface area (Å²) in [6.45, 7) is 10.5. The normalized spacial score (nSPS) is 11.6. The standard InChI is InChI=1S/C26H27N3O/c1-17-13-14-22(18(2)15-17)29-24(16-23(28-29)26(3,4)5)27-25(30)21-12-8-10-19-9-6-7-11-20(19)21/h6-16H,1-5H3,(H,27,30). The first kappa shape index (κ1) is 19.9. The lowest BCUT2D eigenvalue weighted by Crippen LogP contribution is -2.16. The Morgan fingerprint density at radius 1 is 0.933 bits per heavy atom. The van der Waals surface area contributed by atoms with Gasteiger partial charge in [0.1, 0.15) is 5.82 Å². The van der Waals surface area contributed by atoms with Crippen LogP contribution in [0.1, 0.15) is 48.0 Å². The van der Waals surface area contributed by atoms with Gasteiger partial charge in [-0.3, -0.25) is 4.79 Å². The number of nitrogens with one attached hydrogen (secondary N) is 1. The minimum Gasteiger partial charge on any atom is -0.306 e. The zero-order chi connectivity index (χ0) is 21.5. The number of benzene rings is 3. The van der Waals surface area contributed by atoms with Gasteiger partial charge in [0.2, 0.25) is 0 Å². The Labute approximate surface area is 177 Å². The number of nitrogens with zero attached hydrogens (tertiary/aromatic N) is 2. The number of carbonyl (C=O) groups is 1. The van der Waals surface area contributed by atoms with E-state index >= 15 is 0 Å². The predicted octanol–water partition coefficient (Wildman–Crippen LogP) is 6.19. The molecule has 0 fully saturated rings. The van der Waals surface area contributed by atoms with Crippen molar-refractivity contribution < 1.29 is 4.79 Å². The molecule has 3 aromatic carbocycles.